The van der Waals surface area contributed by atoms with E-state index < -0.39 is 27.9 Å². The molecule has 0 aliphatic carbocycles. The number of nitrogens with zero attached hydrogens (tertiary/aromatic N) is 3. The number of pyridine rings is 1. The van der Waals surface area contributed by atoms with Crippen LogP contribution in [-0.2, 0) is 10.0 Å². The molecule has 2 N–H and O–H groups in total. The Kier molecular flexibility index (Phi) is 4.65. The highest BCUT2D eigenvalue weighted by atomic mass is 32.2. The van der Waals surface area contributed by atoms with Gasteiger partial charge in [-0.2, -0.15) is 5.10 Å². The molecule has 10 heteroatoms. The van der Waals surface area contributed by atoms with Gasteiger partial charge in [0.15, 0.2) is 5.82 Å². The summed E-state index contributed by atoms with van der Waals surface area (Å²) < 4.78 is 26.3. The van der Waals surface area contributed by atoms with Crippen molar-refractivity contribution in [1.29, 1.82) is 0 Å². The van der Waals surface area contributed by atoms with Crippen molar-refractivity contribution in [3.05, 3.63) is 59.4 Å². The largest absolute Gasteiger partial charge is 0.305 e. The van der Waals surface area contributed by atoms with E-state index in [1.807, 2.05) is 12.1 Å². The number of anilines is 1. The number of aromatic nitrogens is 3. The number of amides is 2. The molecule has 1 aliphatic heterocycles. The second-order valence-corrected chi connectivity index (χ2v) is 8.96. The van der Waals surface area contributed by atoms with Crippen molar-refractivity contribution in [3.8, 4) is 11.3 Å². The fourth-order valence-corrected chi connectivity index (χ4v) is 5.19. The average Bonchev–Trinajstić information content (AvgIpc) is 3.16. The molecule has 154 valence electrons. The summed E-state index contributed by atoms with van der Waals surface area (Å²) in [6.45, 7) is 5.05. The summed E-state index contributed by atoms with van der Waals surface area (Å²) in [6.07, 6.45) is 3.31. The van der Waals surface area contributed by atoms with Crippen molar-refractivity contribution in [3.63, 3.8) is 0 Å². The van der Waals surface area contributed by atoms with Crippen molar-refractivity contribution in [2.24, 2.45) is 0 Å². The van der Waals surface area contributed by atoms with Crippen LogP contribution in [0, 0.1) is 6.92 Å². The number of carbonyl (C=O) groups is 2. The van der Waals surface area contributed by atoms with E-state index in [1.165, 1.54) is 18.2 Å². The van der Waals surface area contributed by atoms with Crippen LogP contribution < -0.4 is 5.32 Å². The predicted molar refractivity (Wildman–Crippen MR) is 109 cm³/mol. The summed E-state index contributed by atoms with van der Waals surface area (Å²) in [5.41, 5.74) is 2.51. The van der Waals surface area contributed by atoms with Crippen molar-refractivity contribution >= 4 is 27.7 Å². The molecule has 0 saturated heterocycles. The summed E-state index contributed by atoms with van der Waals surface area (Å²) in [5.74, 6) is -0.786. The Morgan fingerprint density at radius 2 is 1.87 bits per heavy atom. The van der Waals surface area contributed by atoms with Crippen LogP contribution in [-0.4, -0.2) is 45.8 Å². The Bertz CT molecular complexity index is 1270. The lowest BCUT2D eigenvalue weighted by Crippen LogP contribution is -2.36. The molecule has 2 aromatic heterocycles. The monoisotopic (exact) mass is 425 g/mol. The first-order valence-corrected chi connectivity index (χ1v) is 10.7. The van der Waals surface area contributed by atoms with Crippen LogP contribution >= 0.6 is 0 Å². The molecule has 0 atom stereocenters. The topological polar surface area (TPSA) is 125 Å². The fraction of sp³-hybridized carbons (Fsp3) is 0.200. The lowest BCUT2D eigenvalue weighted by atomic mass is 10.1. The van der Waals surface area contributed by atoms with Gasteiger partial charge in [-0.15, -0.1) is 0 Å². The molecule has 9 nitrogen and oxygen atoms in total. The zero-order valence-corrected chi connectivity index (χ0v) is 17.3. The maximum absolute atomic E-state index is 12.8. The Morgan fingerprint density at radius 1 is 1.17 bits per heavy atom. The van der Waals surface area contributed by atoms with Crippen LogP contribution in [0.3, 0.4) is 0 Å². The van der Waals surface area contributed by atoms with Crippen LogP contribution in [0.25, 0.3) is 11.3 Å². The minimum atomic E-state index is -3.99. The van der Waals surface area contributed by atoms with E-state index in [1.54, 1.807) is 33.2 Å². The van der Waals surface area contributed by atoms with Gasteiger partial charge in [0.2, 0.25) is 0 Å². The second kappa shape index (κ2) is 7.06. The summed E-state index contributed by atoms with van der Waals surface area (Å²) >= 11 is 0. The molecule has 0 unspecified atom stereocenters. The van der Waals surface area contributed by atoms with Crippen molar-refractivity contribution in [2.45, 2.75) is 31.7 Å². The van der Waals surface area contributed by atoms with Gasteiger partial charge in [-0.25, -0.2) is 12.7 Å². The summed E-state index contributed by atoms with van der Waals surface area (Å²) in [6, 6.07) is 7.13. The molecular weight excluding hydrogens is 406 g/mol. The molecule has 3 heterocycles. The first-order valence-electron chi connectivity index (χ1n) is 9.21. The van der Waals surface area contributed by atoms with E-state index in [2.05, 4.69) is 20.5 Å². The zero-order valence-electron chi connectivity index (χ0n) is 16.5. The summed E-state index contributed by atoms with van der Waals surface area (Å²) in [5, 5.41) is 9.72. The van der Waals surface area contributed by atoms with Gasteiger partial charge in [-0.05, 0) is 51.1 Å². The molecule has 4 rings (SSSR count). The molecule has 0 saturated carbocycles. The van der Waals surface area contributed by atoms with Gasteiger partial charge >= 0.3 is 0 Å². The normalized spacial score (nSPS) is 14.8. The minimum absolute atomic E-state index is 0.0659. The molecule has 30 heavy (non-hydrogen) atoms. The number of carbonyl (C=O) groups excluding carboxylic acids is 2. The van der Waals surface area contributed by atoms with E-state index in [0.717, 1.165) is 21.1 Å². The fourth-order valence-electron chi connectivity index (χ4n) is 3.40. The molecule has 3 aromatic rings. The number of nitrogens with one attached hydrogen (secondary N) is 2. The summed E-state index contributed by atoms with van der Waals surface area (Å²) in [4.78, 5) is 29.0. The van der Waals surface area contributed by atoms with Crippen LogP contribution in [0.5, 0.6) is 0 Å². The molecule has 1 aromatic carbocycles. The van der Waals surface area contributed by atoms with Gasteiger partial charge < -0.3 is 5.32 Å². The lowest BCUT2D eigenvalue weighted by Gasteiger charge is -2.18. The third-order valence-electron chi connectivity index (χ3n) is 4.89. The third kappa shape index (κ3) is 3.05. The molecule has 0 spiro atoms. The molecule has 0 radical (unpaired) electrons. The van der Waals surface area contributed by atoms with Crippen molar-refractivity contribution in [2.75, 3.05) is 5.32 Å². The van der Waals surface area contributed by atoms with Crippen LogP contribution in [0.15, 0.2) is 47.6 Å². The van der Waals surface area contributed by atoms with Crippen molar-refractivity contribution < 1.29 is 18.0 Å². The van der Waals surface area contributed by atoms with Gasteiger partial charge in [-0.3, -0.25) is 19.7 Å². The van der Waals surface area contributed by atoms with Gasteiger partial charge in [0.1, 0.15) is 4.90 Å². The van der Waals surface area contributed by atoms with E-state index in [4.69, 9.17) is 0 Å². The van der Waals surface area contributed by atoms with Gasteiger partial charge in [0.05, 0.1) is 11.3 Å². The van der Waals surface area contributed by atoms with E-state index in [9.17, 15) is 18.0 Å². The average molecular weight is 425 g/mol. The highest BCUT2D eigenvalue weighted by molar-refractivity contribution is 7.90. The van der Waals surface area contributed by atoms with Crippen LogP contribution in [0.4, 0.5) is 5.82 Å². The molecule has 2 amide bonds. The predicted octanol–water partition coefficient (Wildman–Crippen LogP) is 2.59. The molecular formula is C20H19N5O4S. The first kappa shape index (κ1) is 19.8. The van der Waals surface area contributed by atoms with Crippen molar-refractivity contribution in [1.82, 2.24) is 19.5 Å². The number of hydrogen-bond acceptors (Lipinski definition) is 6. The quantitative estimate of drug-likeness (QED) is 0.662. The van der Waals surface area contributed by atoms with Gasteiger partial charge in [0.25, 0.3) is 21.8 Å². The number of sulfonamides is 1. The molecule has 1 aliphatic rings. The van der Waals surface area contributed by atoms with E-state index in [-0.39, 0.29) is 16.0 Å². The Balaban J connectivity index is 1.64. The van der Waals surface area contributed by atoms with E-state index >= 15 is 0 Å². The smallest absolute Gasteiger partial charge is 0.269 e. The highest BCUT2D eigenvalue weighted by Crippen LogP contribution is 2.33. The maximum atomic E-state index is 12.8. The first-order chi connectivity index (χ1) is 14.2. The number of fused-ring (bicyclic) bond motifs is 1. The standard InChI is InChI=1S/C20H19N5O4S/c1-11(2)25-20(27)15-5-4-14(10-16(15)30(25,28)29)19(26)22-18-12(3)17(23-24-18)13-6-8-21-9-7-13/h4-11H,1-3H3,(H2,22,23,24,26). The zero-order chi connectivity index (χ0) is 21.6. The molecule has 0 bridgehead atoms. The summed E-state index contributed by atoms with van der Waals surface area (Å²) in [7, 11) is -3.99. The lowest BCUT2D eigenvalue weighted by molar-refractivity contribution is 0.0846. The SMILES string of the molecule is Cc1c(NC(=O)c2ccc3c(c2)S(=O)(=O)N(C(C)C)C3=O)n[nH]c1-c1ccncc1. The van der Waals surface area contributed by atoms with E-state index in [0.29, 0.717) is 5.82 Å². The number of H-pyrrole nitrogens is 1. The third-order valence-corrected chi connectivity index (χ3v) is 6.89. The Labute approximate surface area is 173 Å². The van der Waals surface area contributed by atoms with Crippen LogP contribution in [0.1, 0.15) is 40.1 Å². The Morgan fingerprint density at radius 3 is 2.53 bits per heavy atom. The maximum Gasteiger partial charge on any atom is 0.269 e. The Hall–Kier alpha value is -3.53. The molecule has 0 fully saturated rings. The van der Waals surface area contributed by atoms with Gasteiger partial charge in [0, 0.05) is 35.1 Å². The number of rotatable bonds is 4. The highest BCUT2D eigenvalue weighted by Gasteiger charge is 2.43. The minimum Gasteiger partial charge on any atom is -0.305 e. The van der Waals surface area contributed by atoms with Crippen LogP contribution in [0.2, 0.25) is 0 Å². The number of benzene rings is 1. The van der Waals surface area contributed by atoms with Gasteiger partial charge in [-0.1, -0.05) is 0 Å². The second-order valence-electron chi connectivity index (χ2n) is 7.17. The number of aromatic amines is 1. The number of hydrogen-bond donors (Lipinski definition) is 2.